The Balaban J connectivity index is 1.61. The Hall–Kier alpha value is -4.12. The molecule has 8 heteroatoms. The van der Waals surface area contributed by atoms with Crippen molar-refractivity contribution in [2.45, 2.75) is 19.4 Å². The molecule has 0 aliphatic carbocycles. The summed E-state index contributed by atoms with van der Waals surface area (Å²) in [5.74, 6) is 1.66. The van der Waals surface area contributed by atoms with Gasteiger partial charge >= 0.3 is 0 Å². The predicted molar refractivity (Wildman–Crippen MR) is 117 cm³/mol. The number of aromatic nitrogens is 2. The van der Waals surface area contributed by atoms with Crippen LogP contribution in [0, 0.1) is 16.7 Å². The van der Waals surface area contributed by atoms with E-state index in [9.17, 15) is 5.26 Å². The van der Waals surface area contributed by atoms with E-state index in [0.717, 1.165) is 22.3 Å². The molecule has 2 N–H and O–H groups in total. The third-order valence-electron chi connectivity index (χ3n) is 5.53. The molecule has 2 aliphatic rings. The second-order valence-corrected chi connectivity index (χ2v) is 8.46. The van der Waals surface area contributed by atoms with Crippen LogP contribution in [0.15, 0.2) is 60.0 Å². The normalized spacial score (nSPS) is 18.6. The van der Waals surface area contributed by atoms with Gasteiger partial charge in [-0.3, -0.25) is 4.98 Å². The Labute approximate surface area is 185 Å². The van der Waals surface area contributed by atoms with Gasteiger partial charge in [-0.2, -0.15) is 5.26 Å². The van der Waals surface area contributed by atoms with Crippen molar-refractivity contribution in [3.8, 4) is 34.6 Å². The van der Waals surface area contributed by atoms with E-state index in [1.165, 1.54) is 0 Å². The molecule has 0 saturated heterocycles. The number of ether oxygens (including phenoxy) is 3. The molecule has 0 bridgehead atoms. The molecular formula is C24H21N5O3. The van der Waals surface area contributed by atoms with E-state index in [0.29, 0.717) is 17.4 Å². The maximum Gasteiger partial charge on any atom is 0.283 e. The second-order valence-electron chi connectivity index (χ2n) is 8.46. The van der Waals surface area contributed by atoms with E-state index < -0.39 is 11.0 Å². The van der Waals surface area contributed by atoms with E-state index in [4.69, 9.17) is 24.9 Å². The summed E-state index contributed by atoms with van der Waals surface area (Å²) >= 11 is 0. The van der Waals surface area contributed by atoms with E-state index in [1.807, 2.05) is 44.2 Å². The smallest absolute Gasteiger partial charge is 0.283 e. The maximum absolute atomic E-state index is 9.28. The van der Waals surface area contributed by atoms with E-state index in [-0.39, 0.29) is 19.2 Å². The molecule has 0 saturated carbocycles. The van der Waals surface area contributed by atoms with Gasteiger partial charge in [-0.1, -0.05) is 6.07 Å². The monoisotopic (exact) mass is 427 g/mol. The van der Waals surface area contributed by atoms with E-state index in [2.05, 4.69) is 16.0 Å². The quantitative estimate of drug-likeness (QED) is 0.674. The van der Waals surface area contributed by atoms with Crippen LogP contribution in [0.2, 0.25) is 0 Å². The fraction of sp³-hybridized carbons (Fsp3) is 0.250. The van der Waals surface area contributed by atoms with Gasteiger partial charge in [-0.05, 0) is 44.2 Å². The van der Waals surface area contributed by atoms with Gasteiger partial charge in [0.05, 0.1) is 17.0 Å². The molecule has 8 nitrogen and oxygen atoms in total. The molecule has 0 radical (unpaired) electrons. The molecular weight excluding hydrogens is 406 g/mol. The highest BCUT2D eigenvalue weighted by Crippen LogP contribution is 2.51. The van der Waals surface area contributed by atoms with Crippen molar-refractivity contribution in [3.05, 3.63) is 66.1 Å². The lowest BCUT2D eigenvalue weighted by molar-refractivity contribution is 0.225. The van der Waals surface area contributed by atoms with Gasteiger partial charge in [0.25, 0.3) is 6.02 Å². The molecule has 0 fully saturated rings. The minimum absolute atomic E-state index is 0.104. The molecule has 5 rings (SSSR count). The summed E-state index contributed by atoms with van der Waals surface area (Å²) in [5.41, 5.74) is 7.76. The number of pyridine rings is 2. The van der Waals surface area contributed by atoms with Gasteiger partial charge < -0.3 is 19.9 Å². The number of hydrogen-bond donors (Lipinski definition) is 1. The van der Waals surface area contributed by atoms with Crippen molar-refractivity contribution in [3.63, 3.8) is 0 Å². The molecule has 2 aromatic heterocycles. The summed E-state index contributed by atoms with van der Waals surface area (Å²) in [6.45, 7) is 4.12. The summed E-state index contributed by atoms with van der Waals surface area (Å²) in [4.78, 5) is 13.4. The highest BCUT2D eigenvalue weighted by molar-refractivity contribution is 5.77. The van der Waals surface area contributed by atoms with Gasteiger partial charge in [-0.25, -0.2) is 9.98 Å². The van der Waals surface area contributed by atoms with Crippen LogP contribution in [0.1, 0.15) is 25.0 Å². The number of rotatable bonds is 4. The summed E-state index contributed by atoms with van der Waals surface area (Å²) in [7, 11) is 0. The van der Waals surface area contributed by atoms with Crippen LogP contribution in [-0.2, 0) is 10.3 Å². The highest BCUT2D eigenvalue weighted by atomic mass is 16.5. The third-order valence-corrected chi connectivity index (χ3v) is 5.53. The minimum atomic E-state index is -0.914. The first-order valence-corrected chi connectivity index (χ1v) is 10.2. The largest absolute Gasteiger partial charge is 0.492 e. The van der Waals surface area contributed by atoms with Gasteiger partial charge in [0.1, 0.15) is 24.7 Å². The van der Waals surface area contributed by atoms with Crippen LogP contribution in [0.4, 0.5) is 0 Å². The Morgan fingerprint density at radius 2 is 2.06 bits per heavy atom. The first kappa shape index (κ1) is 19.8. The van der Waals surface area contributed by atoms with E-state index >= 15 is 0 Å². The van der Waals surface area contributed by atoms with Crippen molar-refractivity contribution in [2.75, 3.05) is 13.2 Å². The lowest BCUT2D eigenvalue weighted by Gasteiger charge is -2.33. The Morgan fingerprint density at radius 1 is 1.19 bits per heavy atom. The zero-order valence-electron chi connectivity index (χ0n) is 17.7. The lowest BCUT2D eigenvalue weighted by atomic mass is 9.81. The molecule has 2 aliphatic heterocycles. The second kappa shape index (κ2) is 7.24. The van der Waals surface area contributed by atoms with Crippen molar-refractivity contribution >= 4 is 6.02 Å². The first-order chi connectivity index (χ1) is 15.4. The van der Waals surface area contributed by atoms with Crippen LogP contribution < -0.4 is 15.2 Å². The highest BCUT2D eigenvalue weighted by Gasteiger charge is 2.48. The molecule has 4 heterocycles. The van der Waals surface area contributed by atoms with Crippen LogP contribution in [0.25, 0.3) is 11.1 Å². The van der Waals surface area contributed by atoms with Crippen LogP contribution in [0.3, 0.4) is 0 Å². The van der Waals surface area contributed by atoms with Gasteiger partial charge in [-0.15, -0.1) is 0 Å². The summed E-state index contributed by atoms with van der Waals surface area (Å²) in [5, 5.41) is 9.28. The van der Waals surface area contributed by atoms with Crippen LogP contribution in [0.5, 0.6) is 17.4 Å². The van der Waals surface area contributed by atoms with Gasteiger partial charge in [0, 0.05) is 35.3 Å². The zero-order valence-corrected chi connectivity index (χ0v) is 17.7. The number of nitrogens with zero attached hydrogens (tertiary/aromatic N) is 4. The molecule has 0 amide bonds. The fourth-order valence-corrected chi connectivity index (χ4v) is 3.78. The number of benzene rings is 1. The van der Waals surface area contributed by atoms with Crippen molar-refractivity contribution in [1.82, 2.24) is 9.97 Å². The summed E-state index contributed by atoms with van der Waals surface area (Å²) in [6.07, 6.45) is 5.25. The average molecular weight is 427 g/mol. The summed E-state index contributed by atoms with van der Waals surface area (Å²) < 4.78 is 17.7. The number of nitriles is 1. The van der Waals surface area contributed by atoms with Gasteiger partial charge in [0.2, 0.25) is 5.88 Å². The number of aliphatic imine (C=N–C) groups is 1. The SMILES string of the molecule is CC(C)(C#N)COc1ccc2c(c1)[C@]1(COC(N)=N1)c1cc(-c3cccnc3)cnc1O2. The number of nitrogens with two attached hydrogens (primary N) is 1. The fourth-order valence-electron chi connectivity index (χ4n) is 3.78. The lowest BCUT2D eigenvalue weighted by Crippen LogP contribution is -2.31. The Kier molecular flexibility index (Phi) is 4.48. The molecule has 160 valence electrons. The molecule has 1 aromatic carbocycles. The van der Waals surface area contributed by atoms with Gasteiger partial charge in [0.15, 0.2) is 5.54 Å². The Morgan fingerprint density at radius 3 is 2.78 bits per heavy atom. The Bertz CT molecular complexity index is 1270. The standard InChI is InChI=1S/C24H21N5O3/c1-23(2,12-25)13-30-17-5-6-20-18(9-17)24(14-31-22(26)29-24)19-8-16(11-28-21(19)32-20)15-4-3-7-27-10-15/h3-11H,13-14H2,1-2H3,(H2,26,29)/t24-/m1/s1. The molecule has 1 atom stereocenters. The number of fused-ring (bicyclic) bond motifs is 4. The topological polar surface area (TPSA) is 116 Å². The maximum atomic E-state index is 9.28. The van der Waals surface area contributed by atoms with Crippen molar-refractivity contribution < 1.29 is 14.2 Å². The summed E-state index contributed by atoms with van der Waals surface area (Å²) in [6, 6.07) is 13.7. The average Bonchev–Trinajstić information content (AvgIpc) is 3.21. The minimum Gasteiger partial charge on any atom is -0.492 e. The predicted octanol–water partition coefficient (Wildman–Crippen LogP) is 3.77. The van der Waals surface area contributed by atoms with E-state index in [1.54, 1.807) is 24.7 Å². The number of hydrogen-bond acceptors (Lipinski definition) is 8. The third kappa shape index (κ3) is 3.28. The van der Waals surface area contributed by atoms with Crippen LogP contribution >= 0.6 is 0 Å². The van der Waals surface area contributed by atoms with Crippen molar-refractivity contribution in [1.29, 1.82) is 5.26 Å². The first-order valence-electron chi connectivity index (χ1n) is 10.2. The molecule has 0 unspecified atom stereocenters. The van der Waals surface area contributed by atoms with Crippen molar-refractivity contribution in [2.24, 2.45) is 16.1 Å². The van der Waals surface area contributed by atoms with Crippen LogP contribution in [-0.4, -0.2) is 29.2 Å². The molecule has 1 spiro atoms. The number of amidine groups is 1. The zero-order chi connectivity index (χ0) is 22.3. The molecule has 32 heavy (non-hydrogen) atoms. The molecule has 3 aromatic rings.